The van der Waals surface area contributed by atoms with Gasteiger partial charge in [-0.2, -0.15) is 0 Å². The van der Waals surface area contributed by atoms with Crippen molar-refractivity contribution >= 4 is 33.0 Å². The summed E-state index contributed by atoms with van der Waals surface area (Å²) in [5.41, 5.74) is 0.939. The van der Waals surface area contributed by atoms with Crippen molar-refractivity contribution in [2.75, 3.05) is 12.0 Å². The fraction of sp³-hybridized carbons (Fsp3) is 0.538. The minimum absolute atomic E-state index is 0.0153. The lowest BCUT2D eigenvalue weighted by atomic mass is 10.0. The Morgan fingerprint density at radius 1 is 1.32 bits per heavy atom. The lowest BCUT2D eigenvalue weighted by Crippen LogP contribution is -2.35. The molecular formula is C13H19Cl2NO2S. The molecule has 3 nitrogen and oxygen atoms in total. The summed E-state index contributed by atoms with van der Waals surface area (Å²) in [6.45, 7) is 3.88. The molecule has 0 aliphatic carbocycles. The Labute approximate surface area is 125 Å². The molecule has 0 amide bonds. The highest BCUT2D eigenvalue weighted by atomic mass is 35.5. The van der Waals surface area contributed by atoms with Crippen LogP contribution in [0.15, 0.2) is 18.2 Å². The van der Waals surface area contributed by atoms with Crippen LogP contribution in [0.4, 0.5) is 0 Å². The maximum atomic E-state index is 11.3. The number of sulfone groups is 1. The van der Waals surface area contributed by atoms with E-state index in [-0.39, 0.29) is 17.8 Å². The first-order chi connectivity index (χ1) is 8.73. The van der Waals surface area contributed by atoms with E-state index in [9.17, 15) is 8.42 Å². The van der Waals surface area contributed by atoms with Gasteiger partial charge in [0.15, 0.2) is 0 Å². The van der Waals surface area contributed by atoms with Gasteiger partial charge in [-0.05, 0) is 31.0 Å². The third-order valence-corrected chi connectivity index (χ3v) is 4.45. The van der Waals surface area contributed by atoms with Crippen LogP contribution in [0.2, 0.25) is 10.0 Å². The molecule has 2 atom stereocenters. The molecule has 0 aromatic heterocycles. The molecule has 2 unspecified atom stereocenters. The minimum Gasteiger partial charge on any atom is -0.306 e. The van der Waals surface area contributed by atoms with Gasteiger partial charge in [0.1, 0.15) is 9.84 Å². The van der Waals surface area contributed by atoms with Crippen LogP contribution in [-0.4, -0.2) is 26.5 Å². The second-order valence-corrected chi connectivity index (χ2v) is 7.82. The van der Waals surface area contributed by atoms with E-state index in [1.54, 1.807) is 12.1 Å². The van der Waals surface area contributed by atoms with Crippen LogP contribution in [0.3, 0.4) is 0 Å². The number of hydrogen-bond acceptors (Lipinski definition) is 3. The van der Waals surface area contributed by atoms with Gasteiger partial charge in [0.25, 0.3) is 0 Å². The van der Waals surface area contributed by atoms with Gasteiger partial charge in [-0.25, -0.2) is 8.42 Å². The first kappa shape index (κ1) is 16.8. The Morgan fingerprint density at radius 3 is 2.42 bits per heavy atom. The molecule has 6 heteroatoms. The topological polar surface area (TPSA) is 46.2 Å². The number of rotatable bonds is 6. The second-order valence-electron chi connectivity index (χ2n) is 4.79. The molecule has 0 heterocycles. The van der Waals surface area contributed by atoms with Crippen molar-refractivity contribution in [1.82, 2.24) is 5.32 Å². The van der Waals surface area contributed by atoms with Crippen LogP contribution in [0.25, 0.3) is 0 Å². The molecule has 19 heavy (non-hydrogen) atoms. The van der Waals surface area contributed by atoms with Crippen molar-refractivity contribution in [3.05, 3.63) is 33.8 Å². The minimum atomic E-state index is -2.99. The molecular weight excluding hydrogens is 305 g/mol. The van der Waals surface area contributed by atoms with Gasteiger partial charge in [0.05, 0.1) is 5.75 Å². The number of halogens is 2. The second kappa shape index (κ2) is 6.93. The Balaban J connectivity index is 2.83. The monoisotopic (exact) mass is 323 g/mol. The largest absolute Gasteiger partial charge is 0.306 e. The van der Waals surface area contributed by atoms with Crippen LogP contribution in [-0.2, 0) is 9.84 Å². The van der Waals surface area contributed by atoms with E-state index in [4.69, 9.17) is 23.2 Å². The van der Waals surface area contributed by atoms with Crippen molar-refractivity contribution in [3.8, 4) is 0 Å². The van der Waals surface area contributed by atoms with Crippen LogP contribution >= 0.6 is 23.2 Å². The number of nitrogens with one attached hydrogen (secondary N) is 1. The molecule has 0 radical (unpaired) electrons. The zero-order chi connectivity index (χ0) is 14.6. The Kier molecular flexibility index (Phi) is 6.12. The molecule has 1 aromatic rings. The predicted octanol–water partition coefficient (Wildman–Crippen LogP) is 3.47. The maximum absolute atomic E-state index is 11.3. The van der Waals surface area contributed by atoms with E-state index >= 15 is 0 Å². The van der Waals surface area contributed by atoms with Crippen molar-refractivity contribution in [2.45, 2.75) is 32.4 Å². The molecule has 0 aliphatic heterocycles. The third-order valence-electron chi connectivity index (χ3n) is 2.78. The van der Waals surface area contributed by atoms with Crippen LogP contribution in [0.1, 0.15) is 31.9 Å². The van der Waals surface area contributed by atoms with Crippen LogP contribution < -0.4 is 5.32 Å². The van der Waals surface area contributed by atoms with Crippen LogP contribution in [0.5, 0.6) is 0 Å². The summed E-state index contributed by atoms with van der Waals surface area (Å²) in [5.74, 6) is 0.106. The highest BCUT2D eigenvalue weighted by molar-refractivity contribution is 7.90. The molecule has 1 N–H and O–H groups in total. The first-order valence-corrected chi connectivity index (χ1v) is 8.93. The van der Waals surface area contributed by atoms with Crippen molar-refractivity contribution < 1.29 is 8.42 Å². The fourth-order valence-electron chi connectivity index (χ4n) is 2.06. The smallest absolute Gasteiger partial charge is 0.148 e. The Morgan fingerprint density at radius 2 is 1.95 bits per heavy atom. The molecule has 0 spiro atoms. The average Bonchev–Trinajstić information content (AvgIpc) is 2.24. The van der Waals surface area contributed by atoms with Gasteiger partial charge < -0.3 is 5.32 Å². The van der Waals surface area contributed by atoms with Crippen molar-refractivity contribution in [3.63, 3.8) is 0 Å². The molecule has 108 valence electrons. The molecule has 1 aromatic carbocycles. The quantitative estimate of drug-likeness (QED) is 0.871. The molecule has 0 aliphatic rings. The molecule has 0 bridgehead atoms. The zero-order valence-electron chi connectivity index (χ0n) is 11.3. The summed E-state index contributed by atoms with van der Waals surface area (Å²) in [5, 5.41) is 4.48. The van der Waals surface area contributed by atoms with E-state index in [2.05, 4.69) is 5.32 Å². The fourth-order valence-corrected chi connectivity index (χ4v) is 3.60. The standard InChI is InChI=1S/C13H19Cl2NO2S/c1-4-13(16-9(2)8-19(3,17)18)11-6-5-10(14)7-12(11)15/h5-7,9,13,16H,4,8H2,1-3H3. The van der Waals surface area contributed by atoms with Gasteiger partial charge >= 0.3 is 0 Å². The van der Waals surface area contributed by atoms with Gasteiger partial charge in [-0.3, -0.25) is 0 Å². The van der Waals surface area contributed by atoms with Gasteiger partial charge in [0.2, 0.25) is 0 Å². The van der Waals surface area contributed by atoms with Crippen LogP contribution in [0, 0.1) is 0 Å². The molecule has 0 fully saturated rings. The summed E-state index contributed by atoms with van der Waals surface area (Å²) >= 11 is 12.1. The van der Waals surface area contributed by atoms with E-state index in [1.165, 1.54) is 6.26 Å². The van der Waals surface area contributed by atoms with Gasteiger partial charge in [-0.1, -0.05) is 36.2 Å². The summed E-state index contributed by atoms with van der Waals surface area (Å²) < 4.78 is 22.6. The van der Waals surface area contributed by atoms with E-state index in [0.29, 0.717) is 10.0 Å². The average molecular weight is 324 g/mol. The highest BCUT2D eigenvalue weighted by Crippen LogP contribution is 2.28. The summed E-state index contributed by atoms with van der Waals surface area (Å²) in [4.78, 5) is 0. The highest BCUT2D eigenvalue weighted by Gasteiger charge is 2.18. The number of benzene rings is 1. The molecule has 0 saturated heterocycles. The summed E-state index contributed by atoms with van der Waals surface area (Å²) in [6, 6.07) is 5.24. The van der Waals surface area contributed by atoms with E-state index in [0.717, 1.165) is 12.0 Å². The summed E-state index contributed by atoms with van der Waals surface area (Å²) in [6.07, 6.45) is 2.05. The summed E-state index contributed by atoms with van der Waals surface area (Å²) in [7, 11) is -2.99. The lowest BCUT2D eigenvalue weighted by molar-refractivity contribution is 0.464. The van der Waals surface area contributed by atoms with Crippen molar-refractivity contribution in [1.29, 1.82) is 0 Å². The lowest BCUT2D eigenvalue weighted by Gasteiger charge is -2.23. The van der Waals surface area contributed by atoms with E-state index in [1.807, 2.05) is 19.9 Å². The maximum Gasteiger partial charge on any atom is 0.148 e. The van der Waals surface area contributed by atoms with E-state index < -0.39 is 9.84 Å². The Hall–Kier alpha value is -0.290. The zero-order valence-corrected chi connectivity index (χ0v) is 13.6. The van der Waals surface area contributed by atoms with Gasteiger partial charge in [0, 0.05) is 28.4 Å². The van der Waals surface area contributed by atoms with Crippen molar-refractivity contribution in [2.24, 2.45) is 0 Å². The predicted molar refractivity (Wildman–Crippen MR) is 81.8 cm³/mol. The molecule has 0 saturated carbocycles. The number of hydrogen-bond donors (Lipinski definition) is 1. The normalized spacial score (nSPS) is 15.2. The first-order valence-electron chi connectivity index (χ1n) is 6.11. The SMILES string of the molecule is CCC(NC(C)CS(C)(=O)=O)c1ccc(Cl)cc1Cl. The molecule has 1 rings (SSSR count). The third kappa shape index (κ3) is 5.69. The van der Waals surface area contributed by atoms with Gasteiger partial charge in [-0.15, -0.1) is 0 Å². The Bertz CT molecular complexity index is 531.